The molecule has 1 aliphatic heterocycles. The van der Waals surface area contributed by atoms with E-state index in [0.717, 1.165) is 51.3 Å². The number of rotatable bonds is 5. The monoisotopic (exact) mass is 365 g/mol. The van der Waals surface area contributed by atoms with Gasteiger partial charge in [-0.3, -0.25) is 4.79 Å². The molecule has 0 radical (unpaired) electrons. The summed E-state index contributed by atoms with van der Waals surface area (Å²) in [5.41, 5.74) is 0.528. The van der Waals surface area contributed by atoms with Crippen LogP contribution in [0, 0.1) is 5.92 Å². The van der Waals surface area contributed by atoms with Gasteiger partial charge in [0.05, 0.1) is 5.56 Å². The summed E-state index contributed by atoms with van der Waals surface area (Å²) in [7, 11) is 0. The Morgan fingerprint density at radius 2 is 1.77 bits per heavy atom. The van der Waals surface area contributed by atoms with E-state index in [1.54, 1.807) is 0 Å². The van der Waals surface area contributed by atoms with Crippen LogP contribution in [0.15, 0.2) is 18.2 Å². The molecule has 2 nitrogen and oxygen atoms in total. The van der Waals surface area contributed by atoms with Gasteiger partial charge in [-0.15, -0.1) is 0 Å². The average Bonchev–Trinajstić information content (AvgIpc) is 3.11. The molecule has 142 valence electrons. The molecule has 0 N–H and O–H groups in total. The summed E-state index contributed by atoms with van der Waals surface area (Å²) in [5.74, 6) is 0.529. The molecule has 2 saturated carbocycles. The number of carbonyl (C=O) groups excluding carboxylic acids is 1. The van der Waals surface area contributed by atoms with Crippen molar-refractivity contribution in [3.63, 3.8) is 0 Å². The first-order valence-corrected chi connectivity index (χ1v) is 9.92. The molecule has 2 aliphatic carbocycles. The Bertz CT molecular complexity index is 674. The third kappa shape index (κ3) is 3.68. The first-order valence-electron chi connectivity index (χ1n) is 9.92. The summed E-state index contributed by atoms with van der Waals surface area (Å²) >= 11 is 0. The topological polar surface area (TPSA) is 20.3 Å². The molecule has 1 aromatic rings. The maximum atomic E-state index is 13.0. The number of carbonyl (C=O) groups is 1. The van der Waals surface area contributed by atoms with Crippen molar-refractivity contribution in [1.82, 2.24) is 4.90 Å². The van der Waals surface area contributed by atoms with Gasteiger partial charge in [-0.1, -0.05) is 12.5 Å². The average molecular weight is 365 g/mol. The van der Waals surface area contributed by atoms with E-state index >= 15 is 0 Å². The van der Waals surface area contributed by atoms with Crippen molar-refractivity contribution in [2.75, 3.05) is 13.1 Å². The van der Waals surface area contributed by atoms with Crippen molar-refractivity contribution in [3.8, 4) is 0 Å². The summed E-state index contributed by atoms with van der Waals surface area (Å²) in [5, 5.41) is 0. The van der Waals surface area contributed by atoms with Crippen molar-refractivity contribution in [2.24, 2.45) is 5.92 Å². The molecular weight excluding hydrogens is 339 g/mol. The molecule has 0 bridgehead atoms. The van der Waals surface area contributed by atoms with Gasteiger partial charge in [0.1, 0.15) is 0 Å². The number of likely N-dealkylation sites (tertiary alicyclic amines) is 1. The van der Waals surface area contributed by atoms with Crippen molar-refractivity contribution in [2.45, 2.75) is 69.5 Å². The van der Waals surface area contributed by atoms with Crippen LogP contribution in [-0.4, -0.2) is 29.8 Å². The van der Waals surface area contributed by atoms with E-state index in [1.165, 1.54) is 25.0 Å². The van der Waals surface area contributed by atoms with Gasteiger partial charge < -0.3 is 4.90 Å². The predicted octanol–water partition coefficient (Wildman–Crippen LogP) is 5.42. The van der Waals surface area contributed by atoms with Crippen LogP contribution in [0.4, 0.5) is 13.2 Å². The van der Waals surface area contributed by atoms with Gasteiger partial charge in [0.15, 0.2) is 5.78 Å². The number of benzene rings is 1. The Morgan fingerprint density at radius 1 is 1.04 bits per heavy atom. The highest BCUT2D eigenvalue weighted by molar-refractivity contribution is 5.98. The molecule has 1 heterocycles. The number of hydrogen-bond donors (Lipinski definition) is 0. The van der Waals surface area contributed by atoms with Crippen molar-refractivity contribution in [1.29, 1.82) is 0 Å². The van der Waals surface area contributed by atoms with E-state index in [2.05, 4.69) is 4.90 Å². The summed E-state index contributed by atoms with van der Waals surface area (Å²) in [6, 6.07) is 4.21. The molecule has 5 heteroatoms. The molecule has 0 unspecified atom stereocenters. The first-order chi connectivity index (χ1) is 12.4. The van der Waals surface area contributed by atoms with E-state index in [0.29, 0.717) is 29.5 Å². The lowest BCUT2D eigenvalue weighted by Gasteiger charge is -2.29. The second kappa shape index (κ2) is 6.99. The minimum absolute atomic E-state index is 0.0386. The quantitative estimate of drug-likeness (QED) is 0.650. The van der Waals surface area contributed by atoms with Crippen LogP contribution in [0.2, 0.25) is 0 Å². The number of alkyl halides is 3. The van der Waals surface area contributed by atoms with Crippen molar-refractivity contribution in [3.05, 3.63) is 34.9 Å². The number of ketones is 1. The molecule has 26 heavy (non-hydrogen) atoms. The van der Waals surface area contributed by atoms with E-state index in [-0.39, 0.29) is 11.7 Å². The Hall–Kier alpha value is -1.36. The van der Waals surface area contributed by atoms with Gasteiger partial charge in [-0.25, -0.2) is 0 Å². The van der Waals surface area contributed by atoms with E-state index < -0.39 is 11.7 Å². The Labute approximate surface area is 152 Å². The molecule has 0 aromatic heterocycles. The molecular formula is C21H26F3NO. The molecule has 3 fully saturated rings. The van der Waals surface area contributed by atoms with Gasteiger partial charge in [-0.2, -0.15) is 13.2 Å². The highest BCUT2D eigenvalue weighted by Gasteiger charge is 2.37. The lowest BCUT2D eigenvalue weighted by molar-refractivity contribution is -0.137. The Balaban J connectivity index is 1.52. The molecule has 0 amide bonds. The third-order valence-electron chi connectivity index (χ3n) is 6.37. The second-order valence-electron chi connectivity index (χ2n) is 8.20. The highest BCUT2D eigenvalue weighted by atomic mass is 19.4. The second-order valence-corrected chi connectivity index (χ2v) is 8.20. The molecule has 3 aliphatic rings. The summed E-state index contributed by atoms with van der Waals surface area (Å²) < 4.78 is 39.1. The number of nitrogens with zero attached hydrogens (tertiary/aromatic N) is 1. The molecule has 0 spiro atoms. The van der Waals surface area contributed by atoms with E-state index in [1.807, 2.05) is 0 Å². The first kappa shape index (κ1) is 18.0. The van der Waals surface area contributed by atoms with Crippen LogP contribution < -0.4 is 0 Å². The Morgan fingerprint density at radius 3 is 2.42 bits per heavy atom. The van der Waals surface area contributed by atoms with Crippen molar-refractivity contribution >= 4 is 5.78 Å². The lowest BCUT2D eigenvalue weighted by Crippen LogP contribution is -2.36. The number of hydrogen-bond acceptors (Lipinski definition) is 2. The van der Waals surface area contributed by atoms with E-state index in [4.69, 9.17) is 0 Å². The minimum atomic E-state index is -4.35. The standard InChI is InChI=1S/C21H26F3NO/c22-21(23,24)16-8-9-17(18(13-16)14-6-7-14)20(26)12-15-4-3-5-19(15)25-10-1-2-11-25/h8-9,13-15,19H,1-7,10-12H2/t15-,19-/m0/s1. The van der Waals surface area contributed by atoms with E-state index in [9.17, 15) is 18.0 Å². The zero-order valence-electron chi connectivity index (χ0n) is 15.0. The molecule has 2 atom stereocenters. The van der Waals surface area contributed by atoms with Crippen LogP contribution >= 0.6 is 0 Å². The molecule has 4 rings (SSSR count). The van der Waals surface area contributed by atoms with Crippen LogP contribution in [0.1, 0.15) is 78.8 Å². The van der Waals surface area contributed by atoms with Crippen LogP contribution in [0.3, 0.4) is 0 Å². The maximum absolute atomic E-state index is 13.0. The highest BCUT2D eigenvalue weighted by Crippen LogP contribution is 2.44. The molecule has 1 saturated heterocycles. The van der Waals surface area contributed by atoms with Crippen LogP contribution in [0.5, 0.6) is 0 Å². The van der Waals surface area contributed by atoms with Crippen molar-refractivity contribution < 1.29 is 18.0 Å². The van der Waals surface area contributed by atoms with Crippen LogP contribution in [-0.2, 0) is 6.18 Å². The zero-order chi connectivity index (χ0) is 18.3. The van der Waals surface area contributed by atoms with Gasteiger partial charge in [0.2, 0.25) is 0 Å². The fourth-order valence-corrected chi connectivity index (χ4v) is 4.88. The smallest absolute Gasteiger partial charge is 0.300 e. The lowest BCUT2D eigenvalue weighted by atomic mass is 9.89. The van der Waals surface area contributed by atoms with Crippen LogP contribution in [0.25, 0.3) is 0 Å². The molecule has 1 aromatic carbocycles. The summed E-state index contributed by atoms with van der Waals surface area (Å²) in [6.45, 7) is 2.26. The van der Waals surface area contributed by atoms with Gasteiger partial charge >= 0.3 is 6.18 Å². The summed E-state index contributed by atoms with van der Waals surface area (Å²) in [4.78, 5) is 15.5. The normalized spacial score (nSPS) is 27.2. The predicted molar refractivity (Wildman–Crippen MR) is 94.3 cm³/mol. The van der Waals surface area contributed by atoms with Gasteiger partial charge in [-0.05, 0) is 81.1 Å². The largest absolute Gasteiger partial charge is 0.416 e. The fourth-order valence-electron chi connectivity index (χ4n) is 4.88. The zero-order valence-corrected chi connectivity index (χ0v) is 15.0. The third-order valence-corrected chi connectivity index (χ3v) is 6.37. The Kier molecular flexibility index (Phi) is 4.84. The fraction of sp³-hybridized carbons (Fsp3) is 0.667. The minimum Gasteiger partial charge on any atom is -0.300 e. The van der Waals surface area contributed by atoms with Gasteiger partial charge in [0, 0.05) is 18.0 Å². The summed E-state index contributed by atoms with van der Waals surface area (Å²) in [6.07, 6.45) is 3.75. The number of halogens is 3. The number of Topliss-reactive ketones (excluding diaryl/α,β-unsaturated/α-hetero) is 1. The SMILES string of the molecule is O=C(C[C@@H]1CCC[C@@H]1N1CCCC1)c1ccc(C(F)(F)F)cc1C1CC1. The maximum Gasteiger partial charge on any atom is 0.416 e. The van der Waals surface area contributed by atoms with Gasteiger partial charge in [0.25, 0.3) is 0 Å².